The Labute approximate surface area is 144 Å². The molecule has 128 valence electrons. The second-order valence-corrected chi connectivity index (χ2v) is 6.64. The van der Waals surface area contributed by atoms with Crippen LogP contribution in [-0.4, -0.2) is 38.6 Å². The van der Waals surface area contributed by atoms with Crippen molar-refractivity contribution in [3.05, 3.63) is 11.8 Å². The van der Waals surface area contributed by atoms with E-state index >= 15 is 0 Å². The van der Waals surface area contributed by atoms with E-state index in [9.17, 15) is 9.90 Å². The molecule has 1 aliphatic carbocycles. The SMILES string of the molecule is [2H]C1([2H])CC(C)C(O)C([2H])([2H])C1([2H])Nc1nc(NC(C)(C)C)ncc1C(N)=O. The van der Waals surface area contributed by atoms with Crippen molar-refractivity contribution in [2.75, 3.05) is 10.6 Å². The lowest BCUT2D eigenvalue weighted by molar-refractivity contribution is 0.0739. The molecule has 1 saturated carbocycles. The molecule has 1 fully saturated rings. The van der Waals surface area contributed by atoms with Gasteiger partial charge >= 0.3 is 0 Å². The smallest absolute Gasteiger partial charge is 0.254 e. The number of aliphatic hydroxyl groups excluding tert-OH is 1. The van der Waals surface area contributed by atoms with Gasteiger partial charge in [0.25, 0.3) is 5.91 Å². The first-order chi connectivity index (χ1) is 12.5. The van der Waals surface area contributed by atoms with Crippen molar-refractivity contribution >= 4 is 17.7 Å². The van der Waals surface area contributed by atoms with Gasteiger partial charge < -0.3 is 21.5 Å². The van der Waals surface area contributed by atoms with Crippen LogP contribution in [0.5, 0.6) is 0 Å². The van der Waals surface area contributed by atoms with E-state index in [-0.39, 0.29) is 23.8 Å². The Bertz CT molecular complexity index is 770. The number of aromatic nitrogens is 2. The number of hydrogen-bond acceptors (Lipinski definition) is 6. The predicted molar refractivity (Wildman–Crippen MR) is 90.4 cm³/mol. The molecule has 3 atom stereocenters. The van der Waals surface area contributed by atoms with Gasteiger partial charge in [-0.25, -0.2) is 4.98 Å². The quantitative estimate of drug-likeness (QED) is 0.670. The monoisotopic (exact) mass is 326 g/mol. The largest absolute Gasteiger partial charge is 0.393 e. The highest BCUT2D eigenvalue weighted by Gasteiger charge is 2.27. The van der Waals surface area contributed by atoms with E-state index < -0.39 is 42.2 Å². The third kappa shape index (κ3) is 4.79. The van der Waals surface area contributed by atoms with Crippen LogP contribution < -0.4 is 16.4 Å². The molecule has 7 heteroatoms. The fraction of sp³-hybridized carbons (Fsp3) is 0.688. The molecule has 2 rings (SSSR count). The van der Waals surface area contributed by atoms with Crippen LogP contribution in [0.3, 0.4) is 0 Å². The number of nitrogens with one attached hydrogen (secondary N) is 2. The molecule has 0 bridgehead atoms. The van der Waals surface area contributed by atoms with E-state index in [1.165, 1.54) is 6.92 Å². The highest BCUT2D eigenvalue weighted by molar-refractivity contribution is 5.97. The lowest BCUT2D eigenvalue weighted by atomic mass is 9.85. The first-order valence-electron chi connectivity index (χ1n) is 9.93. The van der Waals surface area contributed by atoms with Gasteiger partial charge in [0.15, 0.2) is 0 Å². The zero-order chi connectivity index (χ0) is 21.7. The van der Waals surface area contributed by atoms with Crippen LogP contribution in [0.25, 0.3) is 0 Å². The minimum Gasteiger partial charge on any atom is -0.393 e. The molecule has 1 heterocycles. The highest BCUT2D eigenvalue weighted by atomic mass is 16.3. The maximum atomic E-state index is 11.8. The average molecular weight is 326 g/mol. The van der Waals surface area contributed by atoms with E-state index in [4.69, 9.17) is 12.6 Å². The first kappa shape index (κ1) is 11.6. The van der Waals surface area contributed by atoms with Gasteiger partial charge in [0, 0.05) is 23.2 Å². The lowest BCUT2D eigenvalue weighted by Gasteiger charge is -2.32. The molecular weight excluding hydrogens is 294 g/mol. The molecule has 7 nitrogen and oxygen atoms in total. The van der Waals surface area contributed by atoms with Gasteiger partial charge in [-0.2, -0.15) is 4.98 Å². The number of anilines is 2. The van der Waals surface area contributed by atoms with Crippen molar-refractivity contribution in [3.8, 4) is 0 Å². The Morgan fingerprint density at radius 3 is 2.87 bits per heavy atom. The Hall–Kier alpha value is -1.89. The van der Waals surface area contributed by atoms with Crippen molar-refractivity contribution < 1.29 is 16.8 Å². The summed E-state index contributed by atoms with van der Waals surface area (Å²) in [6.45, 7) is 7.08. The van der Waals surface area contributed by atoms with Crippen molar-refractivity contribution in [3.63, 3.8) is 0 Å². The molecule has 0 radical (unpaired) electrons. The molecule has 0 saturated heterocycles. The van der Waals surface area contributed by atoms with Gasteiger partial charge in [0.1, 0.15) is 5.82 Å². The van der Waals surface area contributed by atoms with Gasteiger partial charge in [-0.05, 0) is 45.9 Å². The second-order valence-electron chi connectivity index (χ2n) is 6.64. The van der Waals surface area contributed by atoms with Crippen LogP contribution in [0.1, 0.15) is 64.1 Å². The Kier molecular flexibility index (Phi) is 3.38. The number of hydrogen-bond donors (Lipinski definition) is 4. The average Bonchev–Trinajstić information content (AvgIpc) is 2.50. The summed E-state index contributed by atoms with van der Waals surface area (Å²) < 4.78 is 41.7. The number of carbonyl (C=O) groups is 1. The third-order valence-electron chi connectivity index (χ3n) is 3.22. The molecule has 0 aromatic carbocycles. The molecule has 0 spiro atoms. The fourth-order valence-corrected chi connectivity index (χ4v) is 1.97. The van der Waals surface area contributed by atoms with E-state index in [0.717, 1.165) is 6.20 Å². The number of primary amides is 1. The van der Waals surface area contributed by atoms with Gasteiger partial charge in [0.05, 0.1) is 13.0 Å². The van der Waals surface area contributed by atoms with Crippen molar-refractivity contribution in [2.45, 2.75) is 64.5 Å². The summed E-state index contributed by atoms with van der Waals surface area (Å²) in [5.74, 6) is -1.81. The summed E-state index contributed by atoms with van der Waals surface area (Å²) in [6.07, 6.45) is -5.79. The molecule has 1 aromatic rings. The van der Waals surface area contributed by atoms with Gasteiger partial charge in [-0.15, -0.1) is 0 Å². The second kappa shape index (κ2) is 6.70. The molecule has 0 aliphatic heterocycles. The van der Waals surface area contributed by atoms with Crippen LogP contribution in [-0.2, 0) is 0 Å². The summed E-state index contributed by atoms with van der Waals surface area (Å²) in [6, 6.07) is -2.64. The summed E-state index contributed by atoms with van der Waals surface area (Å²) >= 11 is 0. The Morgan fingerprint density at radius 2 is 2.26 bits per heavy atom. The topological polar surface area (TPSA) is 113 Å². The van der Waals surface area contributed by atoms with Crippen LogP contribution in [0, 0.1) is 5.92 Å². The molecule has 1 aromatic heterocycles. The molecule has 3 unspecified atom stereocenters. The number of aliphatic hydroxyl groups is 1. The van der Waals surface area contributed by atoms with E-state index in [0.29, 0.717) is 0 Å². The number of amides is 1. The maximum absolute atomic E-state index is 11.8. The standard InChI is InChI=1S/C16H27N5O2/c1-9-5-6-10(7-12(9)22)19-14-11(13(17)23)8-18-15(20-14)21-16(2,3)4/h8-10,12,22H,5-7H2,1-4H3,(H2,17,23)(H2,18,19,20,21)/i6D2,7D2,10D. The van der Waals surface area contributed by atoms with Gasteiger partial charge in [0.2, 0.25) is 5.95 Å². The number of nitrogens with two attached hydrogens (primary N) is 1. The first-order valence-corrected chi connectivity index (χ1v) is 7.43. The Morgan fingerprint density at radius 1 is 1.57 bits per heavy atom. The summed E-state index contributed by atoms with van der Waals surface area (Å²) in [4.78, 5) is 19.9. The minimum atomic E-state index is -2.69. The minimum absolute atomic E-state index is 0.0921. The van der Waals surface area contributed by atoms with Crippen LogP contribution >= 0.6 is 0 Å². The van der Waals surface area contributed by atoms with E-state index in [1.54, 1.807) is 0 Å². The van der Waals surface area contributed by atoms with Crippen LogP contribution in [0.15, 0.2) is 6.20 Å². The zero-order valence-corrected chi connectivity index (χ0v) is 13.8. The fourth-order valence-electron chi connectivity index (χ4n) is 1.97. The molecule has 23 heavy (non-hydrogen) atoms. The van der Waals surface area contributed by atoms with E-state index in [1.807, 2.05) is 20.8 Å². The Balaban J connectivity index is 2.57. The summed E-state index contributed by atoms with van der Waals surface area (Å²) in [5, 5.41) is 15.7. The molecular formula is C16H27N5O2. The van der Waals surface area contributed by atoms with Gasteiger partial charge in [-0.1, -0.05) is 6.92 Å². The number of rotatable bonds is 4. The van der Waals surface area contributed by atoms with Crippen molar-refractivity contribution in [1.29, 1.82) is 0 Å². The summed E-state index contributed by atoms with van der Waals surface area (Å²) in [5.41, 5.74) is 4.70. The third-order valence-corrected chi connectivity index (χ3v) is 3.22. The summed E-state index contributed by atoms with van der Waals surface area (Å²) in [7, 11) is 0. The molecule has 1 aliphatic rings. The van der Waals surface area contributed by atoms with Crippen LogP contribution in [0.4, 0.5) is 11.8 Å². The molecule has 5 N–H and O–H groups in total. The maximum Gasteiger partial charge on any atom is 0.254 e. The van der Waals surface area contributed by atoms with Gasteiger partial charge in [-0.3, -0.25) is 4.79 Å². The predicted octanol–water partition coefficient (Wildman–Crippen LogP) is 1.75. The normalized spacial score (nSPS) is 35.8. The zero-order valence-electron chi connectivity index (χ0n) is 18.8. The number of nitrogens with zero attached hydrogens (tertiary/aromatic N) is 2. The highest BCUT2D eigenvalue weighted by Crippen LogP contribution is 2.27. The molecule has 1 amide bonds. The lowest BCUT2D eigenvalue weighted by Crippen LogP contribution is -2.36. The van der Waals surface area contributed by atoms with Crippen molar-refractivity contribution in [1.82, 2.24) is 9.97 Å². The number of carbonyl (C=O) groups excluding carboxylic acids is 1. The van der Waals surface area contributed by atoms with Crippen molar-refractivity contribution in [2.24, 2.45) is 11.7 Å². The van der Waals surface area contributed by atoms with E-state index in [2.05, 4.69) is 20.6 Å². The van der Waals surface area contributed by atoms with Crippen LogP contribution in [0.2, 0.25) is 0 Å².